The number of ether oxygens (including phenoxy) is 1. The number of carbonyl (C=O) groups excluding carboxylic acids is 1. The van der Waals surface area contributed by atoms with Crippen LogP contribution in [0.5, 0.6) is 5.75 Å². The predicted octanol–water partition coefficient (Wildman–Crippen LogP) is 2.70. The summed E-state index contributed by atoms with van der Waals surface area (Å²) in [7, 11) is 0. The zero-order chi connectivity index (χ0) is 15.5. The zero-order valence-corrected chi connectivity index (χ0v) is 12.5. The third kappa shape index (κ3) is 3.08. The van der Waals surface area contributed by atoms with Gasteiger partial charge in [-0.05, 0) is 56.7 Å². The molecule has 0 unspecified atom stereocenters. The first-order valence-corrected chi connectivity index (χ1v) is 7.95. The SMILES string of the molecule is O=C(O)[C@H]1CCCN1C(=O)c1cccc(OC2CCCC2)c1. The normalized spacial score (nSPS) is 22.0. The van der Waals surface area contributed by atoms with Crippen LogP contribution in [0.4, 0.5) is 0 Å². The fraction of sp³-hybridized carbons (Fsp3) is 0.529. The highest BCUT2D eigenvalue weighted by Crippen LogP contribution is 2.26. The average molecular weight is 303 g/mol. The molecule has 118 valence electrons. The fourth-order valence-electron chi connectivity index (χ4n) is 3.33. The second kappa shape index (κ2) is 6.38. The van der Waals surface area contributed by atoms with Crippen LogP contribution in [0.15, 0.2) is 24.3 Å². The Morgan fingerprint density at radius 3 is 2.64 bits per heavy atom. The molecule has 1 saturated heterocycles. The van der Waals surface area contributed by atoms with Crippen molar-refractivity contribution in [2.75, 3.05) is 6.54 Å². The van der Waals surface area contributed by atoms with Gasteiger partial charge in [0, 0.05) is 12.1 Å². The maximum atomic E-state index is 12.6. The van der Waals surface area contributed by atoms with Gasteiger partial charge in [0.1, 0.15) is 11.8 Å². The lowest BCUT2D eigenvalue weighted by Gasteiger charge is -2.22. The number of carboxylic acid groups (broad SMARTS) is 1. The van der Waals surface area contributed by atoms with Gasteiger partial charge >= 0.3 is 5.97 Å². The second-order valence-corrected chi connectivity index (χ2v) is 6.05. The first-order valence-electron chi connectivity index (χ1n) is 7.95. The van der Waals surface area contributed by atoms with E-state index in [4.69, 9.17) is 4.74 Å². The van der Waals surface area contributed by atoms with Gasteiger partial charge in [-0.1, -0.05) is 6.07 Å². The number of rotatable bonds is 4. The number of likely N-dealkylation sites (tertiary alicyclic amines) is 1. The van der Waals surface area contributed by atoms with Crippen LogP contribution in [0.1, 0.15) is 48.9 Å². The predicted molar refractivity (Wildman–Crippen MR) is 81.0 cm³/mol. The number of benzene rings is 1. The fourth-order valence-corrected chi connectivity index (χ4v) is 3.33. The summed E-state index contributed by atoms with van der Waals surface area (Å²) >= 11 is 0. The van der Waals surface area contributed by atoms with Crippen LogP contribution in [0.25, 0.3) is 0 Å². The van der Waals surface area contributed by atoms with Gasteiger partial charge in [0.25, 0.3) is 5.91 Å². The van der Waals surface area contributed by atoms with Gasteiger partial charge in [-0.2, -0.15) is 0 Å². The van der Waals surface area contributed by atoms with E-state index in [9.17, 15) is 14.7 Å². The van der Waals surface area contributed by atoms with E-state index < -0.39 is 12.0 Å². The number of carboxylic acids is 1. The van der Waals surface area contributed by atoms with E-state index in [1.807, 2.05) is 6.07 Å². The number of hydrogen-bond acceptors (Lipinski definition) is 3. The lowest BCUT2D eigenvalue weighted by atomic mass is 10.1. The maximum absolute atomic E-state index is 12.6. The standard InChI is InChI=1S/C17H21NO4/c19-16(18-10-4-9-15(18)17(20)21)12-5-3-8-14(11-12)22-13-6-1-2-7-13/h3,5,8,11,13,15H,1-2,4,6-7,9-10H2,(H,20,21)/t15-/m1/s1. The average Bonchev–Trinajstić information content (AvgIpc) is 3.17. The van der Waals surface area contributed by atoms with E-state index >= 15 is 0 Å². The smallest absolute Gasteiger partial charge is 0.326 e. The molecule has 2 fully saturated rings. The van der Waals surface area contributed by atoms with Crippen molar-refractivity contribution in [3.63, 3.8) is 0 Å². The first kappa shape index (κ1) is 14.9. The number of aliphatic carboxylic acids is 1. The Kier molecular flexibility index (Phi) is 4.32. The van der Waals surface area contributed by atoms with Crippen molar-refractivity contribution >= 4 is 11.9 Å². The summed E-state index contributed by atoms with van der Waals surface area (Å²) in [5.41, 5.74) is 0.503. The Morgan fingerprint density at radius 1 is 1.14 bits per heavy atom. The lowest BCUT2D eigenvalue weighted by Crippen LogP contribution is -2.40. The molecule has 1 aromatic rings. The van der Waals surface area contributed by atoms with Crippen LogP contribution in [0.2, 0.25) is 0 Å². The third-order valence-electron chi connectivity index (χ3n) is 4.48. The van der Waals surface area contributed by atoms with Gasteiger partial charge in [-0.25, -0.2) is 4.79 Å². The van der Waals surface area contributed by atoms with Gasteiger partial charge in [0.2, 0.25) is 0 Å². The van der Waals surface area contributed by atoms with E-state index in [1.165, 1.54) is 17.7 Å². The Balaban J connectivity index is 1.73. The lowest BCUT2D eigenvalue weighted by molar-refractivity contribution is -0.141. The van der Waals surface area contributed by atoms with E-state index in [0.29, 0.717) is 24.3 Å². The summed E-state index contributed by atoms with van der Waals surface area (Å²) < 4.78 is 5.92. The molecule has 1 aromatic carbocycles. The molecule has 0 spiro atoms. The van der Waals surface area contributed by atoms with Crippen LogP contribution in [-0.2, 0) is 4.79 Å². The molecule has 0 bridgehead atoms. The molecule has 22 heavy (non-hydrogen) atoms. The molecule has 1 aliphatic heterocycles. The number of amides is 1. The van der Waals surface area contributed by atoms with Crippen molar-refractivity contribution < 1.29 is 19.4 Å². The van der Waals surface area contributed by atoms with E-state index in [-0.39, 0.29) is 12.0 Å². The molecule has 3 rings (SSSR count). The molecule has 5 nitrogen and oxygen atoms in total. The Morgan fingerprint density at radius 2 is 1.91 bits per heavy atom. The van der Waals surface area contributed by atoms with Crippen molar-refractivity contribution in [1.82, 2.24) is 4.90 Å². The van der Waals surface area contributed by atoms with E-state index in [2.05, 4.69) is 0 Å². The van der Waals surface area contributed by atoms with Gasteiger partial charge in [0.15, 0.2) is 0 Å². The zero-order valence-electron chi connectivity index (χ0n) is 12.5. The first-order chi connectivity index (χ1) is 10.6. The molecule has 5 heteroatoms. The van der Waals surface area contributed by atoms with Crippen LogP contribution < -0.4 is 4.74 Å². The summed E-state index contributed by atoms with van der Waals surface area (Å²) in [6, 6.07) is 6.41. The minimum atomic E-state index is -0.927. The Bertz CT molecular complexity index is 566. The monoisotopic (exact) mass is 303 g/mol. The summed E-state index contributed by atoms with van der Waals surface area (Å²) in [6.45, 7) is 0.503. The molecular formula is C17H21NO4. The number of hydrogen-bond donors (Lipinski definition) is 1. The molecule has 1 amide bonds. The van der Waals surface area contributed by atoms with Crippen molar-refractivity contribution in [2.45, 2.75) is 50.7 Å². The minimum absolute atomic E-state index is 0.221. The molecule has 1 atom stereocenters. The maximum Gasteiger partial charge on any atom is 0.326 e. The quantitative estimate of drug-likeness (QED) is 0.928. The van der Waals surface area contributed by atoms with Gasteiger partial charge < -0.3 is 14.7 Å². The summed E-state index contributed by atoms with van der Waals surface area (Å²) in [4.78, 5) is 25.2. The van der Waals surface area contributed by atoms with Gasteiger partial charge in [0.05, 0.1) is 6.10 Å². The van der Waals surface area contributed by atoms with Crippen molar-refractivity contribution in [3.05, 3.63) is 29.8 Å². The largest absolute Gasteiger partial charge is 0.490 e. The molecule has 1 N–H and O–H groups in total. The third-order valence-corrected chi connectivity index (χ3v) is 4.48. The van der Waals surface area contributed by atoms with Crippen molar-refractivity contribution in [2.24, 2.45) is 0 Å². The number of carbonyl (C=O) groups is 2. The number of nitrogens with zero attached hydrogens (tertiary/aromatic N) is 1. The summed E-state index contributed by atoms with van der Waals surface area (Å²) in [5, 5.41) is 9.21. The van der Waals surface area contributed by atoms with Crippen molar-refractivity contribution in [3.8, 4) is 5.75 Å². The molecule has 1 saturated carbocycles. The molecule has 1 heterocycles. The molecule has 2 aliphatic rings. The van der Waals surface area contributed by atoms with E-state index in [1.54, 1.807) is 18.2 Å². The molecule has 0 aromatic heterocycles. The van der Waals surface area contributed by atoms with Gasteiger partial charge in [-0.3, -0.25) is 4.79 Å². The van der Waals surface area contributed by atoms with Crippen molar-refractivity contribution in [1.29, 1.82) is 0 Å². The summed E-state index contributed by atoms with van der Waals surface area (Å²) in [5.74, 6) is -0.449. The van der Waals surface area contributed by atoms with Crippen LogP contribution >= 0.6 is 0 Å². The minimum Gasteiger partial charge on any atom is -0.490 e. The molecule has 1 aliphatic carbocycles. The second-order valence-electron chi connectivity index (χ2n) is 6.05. The Hall–Kier alpha value is -2.04. The topological polar surface area (TPSA) is 66.8 Å². The van der Waals surface area contributed by atoms with E-state index in [0.717, 1.165) is 19.3 Å². The highest BCUT2D eigenvalue weighted by atomic mass is 16.5. The van der Waals surface area contributed by atoms with Crippen LogP contribution in [0.3, 0.4) is 0 Å². The van der Waals surface area contributed by atoms with Gasteiger partial charge in [-0.15, -0.1) is 0 Å². The highest BCUT2D eigenvalue weighted by molar-refractivity contribution is 5.97. The van der Waals surface area contributed by atoms with Crippen LogP contribution in [0, 0.1) is 0 Å². The Labute approximate surface area is 129 Å². The van der Waals surface area contributed by atoms with Crippen LogP contribution in [-0.4, -0.2) is 40.6 Å². The summed E-state index contributed by atoms with van der Waals surface area (Å²) in [6.07, 6.45) is 6.01. The molecular weight excluding hydrogens is 282 g/mol. The molecule has 0 radical (unpaired) electrons. The highest BCUT2D eigenvalue weighted by Gasteiger charge is 2.34.